The number of nitrogens with zero attached hydrogens (tertiary/aromatic N) is 2. The number of carbonyl (C=O) groups excluding carboxylic acids is 2. The molecule has 1 aromatic carbocycles. The van der Waals surface area contributed by atoms with Crippen LogP contribution < -0.4 is 10.6 Å². The first kappa shape index (κ1) is 17.0. The van der Waals surface area contributed by atoms with Crippen molar-refractivity contribution in [1.29, 1.82) is 0 Å². The summed E-state index contributed by atoms with van der Waals surface area (Å²) in [6, 6.07) is 7.75. The van der Waals surface area contributed by atoms with Crippen molar-refractivity contribution >= 4 is 22.8 Å². The van der Waals surface area contributed by atoms with Crippen LogP contribution in [0, 0.1) is 5.92 Å². The number of amides is 2. The van der Waals surface area contributed by atoms with E-state index in [4.69, 9.17) is 0 Å². The minimum absolute atomic E-state index is 0.0253. The van der Waals surface area contributed by atoms with E-state index in [-0.39, 0.29) is 18.4 Å². The third-order valence-corrected chi connectivity index (χ3v) is 3.47. The van der Waals surface area contributed by atoms with Gasteiger partial charge in [0.05, 0.1) is 11.0 Å². The lowest BCUT2D eigenvalue weighted by Gasteiger charge is -2.11. The van der Waals surface area contributed by atoms with E-state index in [1.54, 1.807) is 0 Å². The summed E-state index contributed by atoms with van der Waals surface area (Å²) in [7, 11) is 0. The molecule has 0 unspecified atom stereocenters. The van der Waals surface area contributed by atoms with Crippen molar-refractivity contribution in [2.45, 2.75) is 33.7 Å². The maximum Gasteiger partial charge on any atom is 0.240 e. The maximum atomic E-state index is 12.2. The molecule has 0 aliphatic heterocycles. The molecular weight excluding hydrogens is 292 g/mol. The minimum Gasteiger partial charge on any atom is -0.356 e. The van der Waals surface area contributed by atoms with Gasteiger partial charge in [0, 0.05) is 26.4 Å². The topological polar surface area (TPSA) is 76.0 Å². The molecule has 2 amide bonds. The SMILES string of the molecule is CC(=O)NCCc1nc2ccccc2n1CC(=O)NCC(C)C. The van der Waals surface area contributed by atoms with E-state index in [1.165, 1.54) is 6.92 Å². The second-order valence-corrected chi connectivity index (χ2v) is 6.03. The van der Waals surface area contributed by atoms with Crippen LogP contribution in [0.25, 0.3) is 11.0 Å². The van der Waals surface area contributed by atoms with Gasteiger partial charge < -0.3 is 15.2 Å². The fourth-order valence-electron chi connectivity index (χ4n) is 2.36. The number of aromatic nitrogens is 2. The third kappa shape index (κ3) is 4.81. The Labute approximate surface area is 136 Å². The van der Waals surface area contributed by atoms with E-state index in [0.717, 1.165) is 16.9 Å². The molecule has 1 heterocycles. The number of imidazole rings is 1. The molecule has 0 spiro atoms. The maximum absolute atomic E-state index is 12.2. The van der Waals surface area contributed by atoms with E-state index >= 15 is 0 Å². The van der Waals surface area contributed by atoms with Crippen LogP contribution in [0.4, 0.5) is 0 Å². The summed E-state index contributed by atoms with van der Waals surface area (Å²) in [6.07, 6.45) is 0.589. The van der Waals surface area contributed by atoms with Crippen LogP contribution in [0.15, 0.2) is 24.3 Å². The van der Waals surface area contributed by atoms with Gasteiger partial charge in [-0.15, -0.1) is 0 Å². The number of rotatable bonds is 7. The molecule has 0 saturated carbocycles. The molecule has 2 aromatic rings. The first-order chi connectivity index (χ1) is 11.0. The molecule has 0 bridgehead atoms. The smallest absolute Gasteiger partial charge is 0.240 e. The van der Waals surface area contributed by atoms with Gasteiger partial charge >= 0.3 is 0 Å². The van der Waals surface area contributed by atoms with Gasteiger partial charge in [0.25, 0.3) is 0 Å². The molecular formula is C17H24N4O2. The van der Waals surface area contributed by atoms with Crippen molar-refractivity contribution in [3.05, 3.63) is 30.1 Å². The highest BCUT2D eigenvalue weighted by molar-refractivity contribution is 5.81. The molecule has 0 radical (unpaired) electrons. The number of carbonyl (C=O) groups is 2. The van der Waals surface area contributed by atoms with Gasteiger partial charge in [0.2, 0.25) is 11.8 Å². The Morgan fingerprint density at radius 1 is 1.22 bits per heavy atom. The third-order valence-electron chi connectivity index (χ3n) is 3.47. The zero-order valence-corrected chi connectivity index (χ0v) is 13.9. The predicted octanol–water partition coefficient (Wildman–Crippen LogP) is 1.49. The molecule has 2 rings (SSSR count). The molecule has 6 heteroatoms. The molecule has 124 valence electrons. The molecule has 0 saturated heterocycles. The summed E-state index contributed by atoms with van der Waals surface area (Å²) >= 11 is 0. The highest BCUT2D eigenvalue weighted by Crippen LogP contribution is 2.16. The van der Waals surface area contributed by atoms with E-state index < -0.39 is 0 Å². The average Bonchev–Trinajstić information content (AvgIpc) is 2.83. The highest BCUT2D eigenvalue weighted by Gasteiger charge is 2.13. The predicted molar refractivity (Wildman–Crippen MR) is 90.0 cm³/mol. The first-order valence-electron chi connectivity index (χ1n) is 7.92. The number of hydrogen-bond donors (Lipinski definition) is 2. The summed E-state index contributed by atoms with van der Waals surface area (Å²) in [5, 5.41) is 5.70. The quantitative estimate of drug-likeness (QED) is 0.812. The molecule has 23 heavy (non-hydrogen) atoms. The molecule has 0 aliphatic rings. The van der Waals surface area contributed by atoms with E-state index in [9.17, 15) is 9.59 Å². The highest BCUT2D eigenvalue weighted by atomic mass is 16.2. The Kier molecular flexibility index (Phi) is 5.73. The number of para-hydroxylation sites is 2. The van der Waals surface area contributed by atoms with E-state index in [1.807, 2.05) is 28.8 Å². The summed E-state index contributed by atoms with van der Waals surface area (Å²) in [4.78, 5) is 27.8. The van der Waals surface area contributed by atoms with Crippen LogP contribution in [-0.4, -0.2) is 34.5 Å². The second kappa shape index (κ2) is 7.76. The van der Waals surface area contributed by atoms with Crippen LogP contribution in [0.5, 0.6) is 0 Å². The molecule has 0 fully saturated rings. The lowest BCUT2D eigenvalue weighted by molar-refractivity contribution is -0.122. The van der Waals surface area contributed by atoms with Crippen LogP contribution in [0.3, 0.4) is 0 Å². The Morgan fingerprint density at radius 2 is 1.96 bits per heavy atom. The second-order valence-electron chi connectivity index (χ2n) is 6.03. The van der Waals surface area contributed by atoms with Crippen molar-refractivity contribution in [2.75, 3.05) is 13.1 Å². The summed E-state index contributed by atoms with van der Waals surface area (Å²) in [6.45, 7) is 7.02. The van der Waals surface area contributed by atoms with Crippen LogP contribution in [0.1, 0.15) is 26.6 Å². The summed E-state index contributed by atoms with van der Waals surface area (Å²) < 4.78 is 1.92. The van der Waals surface area contributed by atoms with Crippen LogP contribution >= 0.6 is 0 Å². The van der Waals surface area contributed by atoms with Crippen molar-refractivity contribution in [1.82, 2.24) is 20.2 Å². The van der Waals surface area contributed by atoms with Gasteiger partial charge in [-0.3, -0.25) is 9.59 Å². The van der Waals surface area contributed by atoms with Crippen molar-refractivity contribution in [2.24, 2.45) is 5.92 Å². The lowest BCUT2D eigenvalue weighted by atomic mass is 10.2. The Balaban J connectivity index is 2.17. The molecule has 0 aliphatic carbocycles. The van der Waals surface area contributed by atoms with E-state index in [0.29, 0.717) is 25.4 Å². The lowest BCUT2D eigenvalue weighted by Crippen LogP contribution is -2.31. The Hall–Kier alpha value is -2.37. The van der Waals surface area contributed by atoms with E-state index in [2.05, 4.69) is 29.5 Å². The van der Waals surface area contributed by atoms with Crippen LogP contribution in [-0.2, 0) is 22.6 Å². The van der Waals surface area contributed by atoms with Gasteiger partial charge in [0.15, 0.2) is 0 Å². The minimum atomic E-state index is -0.0673. The molecule has 2 N–H and O–H groups in total. The van der Waals surface area contributed by atoms with Crippen LogP contribution in [0.2, 0.25) is 0 Å². The van der Waals surface area contributed by atoms with Gasteiger partial charge in [0.1, 0.15) is 12.4 Å². The van der Waals surface area contributed by atoms with Gasteiger partial charge in [-0.05, 0) is 18.1 Å². The van der Waals surface area contributed by atoms with Gasteiger partial charge in [-0.25, -0.2) is 4.98 Å². The van der Waals surface area contributed by atoms with Gasteiger partial charge in [-0.1, -0.05) is 26.0 Å². The van der Waals surface area contributed by atoms with Crippen molar-refractivity contribution < 1.29 is 9.59 Å². The fraction of sp³-hybridized carbons (Fsp3) is 0.471. The summed E-state index contributed by atoms with van der Waals surface area (Å²) in [5.74, 6) is 1.13. The van der Waals surface area contributed by atoms with Crippen molar-refractivity contribution in [3.8, 4) is 0 Å². The Bertz CT molecular complexity index is 691. The normalized spacial score (nSPS) is 11.0. The molecule has 1 aromatic heterocycles. The number of nitrogens with one attached hydrogen (secondary N) is 2. The van der Waals surface area contributed by atoms with Gasteiger partial charge in [-0.2, -0.15) is 0 Å². The average molecular weight is 316 g/mol. The molecule has 6 nitrogen and oxygen atoms in total. The largest absolute Gasteiger partial charge is 0.356 e. The zero-order valence-electron chi connectivity index (χ0n) is 13.9. The number of hydrogen-bond acceptors (Lipinski definition) is 3. The summed E-state index contributed by atoms with van der Waals surface area (Å²) in [5.41, 5.74) is 1.80. The number of benzene rings is 1. The number of fused-ring (bicyclic) bond motifs is 1. The standard InChI is InChI=1S/C17H24N4O2/c1-12(2)10-19-17(23)11-21-15-7-5-4-6-14(15)20-16(21)8-9-18-13(3)22/h4-7,12H,8-11H2,1-3H3,(H,18,22)(H,19,23). The monoisotopic (exact) mass is 316 g/mol. The van der Waals surface area contributed by atoms with Crippen molar-refractivity contribution in [3.63, 3.8) is 0 Å². The first-order valence-corrected chi connectivity index (χ1v) is 7.92. The zero-order chi connectivity index (χ0) is 16.8. The molecule has 0 atom stereocenters. The fourth-order valence-corrected chi connectivity index (χ4v) is 2.36. The Morgan fingerprint density at radius 3 is 2.65 bits per heavy atom.